The fraction of sp³-hybridized carbons (Fsp3) is 0.800. The van der Waals surface area contributed by atoms with E-state index in [1.165, 1.54) is 4.90 Å². The number of piperidine rings is 1. The van der Waals surface area contributed by atoms with Crippen LogP contribution in [0.4, 0.5) is 0 Å². The molecule has 132 valence electrons. The zero-order valence-electron chi connectivity index (χ0n) is 13.7. The zero-order chi connectivity index (χ0) is 15.8. The fourth-order valence-corrected chi connectivity index (χ4v) is 2.66. The number of ether oxygens (including phenoxy) is 1. The maximum atomic E-state index is 11.7. The van der Waals surface area contributed by atoms with E-state index in [1.807, 2.05) is 6.92 Å². The van der Waals surface area contributed by atoms with Gasteiger partial charge in [0.1, 0.15) is 0 Å². The molecule has 8 heteroatoms. The van der Waals surface area contributed by atoms with Gasteiger partial charge >= 0.3 is 0 Å². The molecule has 0 aliphatic carbocycles. The van der Waals surface area contributed by atoms with Crippen LogP contribution in [0.2, 0.25) is 0 Å². The summed E-state index contributed by atoms with van der Waals surface area (Å²) in [5, 5.41) is 6.33. The van der Waals surface area contributed by atoms with Gasteiger partial charge in [0.05, 0.1) is 12.6 Å². The Morgan fingerprint density at radius 1 is 1.26 bits per heavy atom. The summed E-state index contributed by atoms with van der Waals surface area (Å²) in [6.45, 7) is 5.12. The number of halogens is 1. The molecule has 0 saturated carbocycles. The smallest absolute Gasteiger partial charge is 0.229 e. The first-order valence-corrected chi connectivity index (χ1v) is 8.17. The minimum atomic E-state index is -0.0701. The molecule has 2 fully saturated rings. The molecule has 7 nitrogen and oxygen atoms in total. The normalized spacial score (nSPS) is 22.0. The summed E-state index contributed by atoms with van der Waals surface area (Å²) in [4.78, 5) is 29.3. The van der Waals surface area contributed by atoms with Crippen molar-refractivity contribution in [3.8, 4) is 0 Å². The van der Waals surface area contributed by atoms with Gasteiger partial charge in [0, 0.05) is 39.1 Å². The Morgan fingerprint density at radius 3 is 2.61 bits per heavy atom. The quantitative estimate of drug-likeness (QED) is 0.279. The number of carbonyl (C=O) groups is 2. The highest BCUT2D eigenvalue weighted by Crippen LogP contribution is 2.12. The molecule has 0 bridgehead atoms. The molecule has 2 heterocycles. The first-order valence-electron chi connectivity index (χ1n) is 8.17. The average Bonchev–Trinajstić information content (AvgIpc) is 3.01. The molecule has 2 N–H and O–H groups in total. The van der Waals surface area contributed by atoms with Crippen molar-refractivity contribution in [2.45, 2.75) is 45.1 Å². The van der Waals surface area contributed by atoms with Gasteiger partial charge in [-0.05, 0) is 26.2 Å². The summed E-state index contributed by atoms with van der Waals surface area (Å²) >= 11 is 0. The van der Waals surface area contributed by atoms with E-state index in [0.717, 1.165) is 26.0 Å². The van der Waals surface area contributed by atoms with Crippen molar-refractivity contribution in [1.82, 2.24) is 15.5 Å². The zero-order valence-corrected chi connectivity index (χ0v) is 16.0. The molecule has 23 heavy (non-hydrogen) atoms. The third kappa shape index (κ3) is 6.62. The Kier molecular flexibility index (Phi) is 9.46. The van der Waals surface area contributed by atoms with Gasteiger partial charge in [0.2, 0.25) is 11.8 Å². The summed E-state index contributed by atoms with van der Waals surface area (Å²) in [5.74, 6) is 0.564. The second kappa shape index (κ2) is 10.8. The average molecular weight is 438 g/mol. The summed E-state index contributed by atoms with van der Waals surface area (Å²) in [6, 6.07) is 0. The van der Waals surface area contributed by atoms with Crippen LogP contribution in [0.1, 0.15) is 39.0 Å². The van der Waals surface area contributed by atoms with Gasteiger partial charge in [-0.3, -0.25) is 19.5 Å². The first-order chi connectivity index (χ1) is 10.7. The Hall–Kier alpha value is -0.900. The lowest BCUT2D eigenvalue weighted by Gasteiger charge is -2.25. The molecule has 0 aromatic carbocycles. The third-order valence-electron chi connectivity index (χ3n) is 3.83. The van der Waals surface area contributed by atoms with Crippen molar-refractivity contribution in [3.63, 3.8) is 0 Å². The molecule has 0 spiro atoms. The van der Waals surface area contributed by atoms with Crippen molar-refractivity contribution in [2.24, 2.45) is 4.99 Å². The fourth-order valence-electron chi connectivity index (χ4n) is 2.66. The van der Waals surface area contributed by atoms with E-state index in [1.54, 1.807) is 0 Å². The van der Waals surface area contributed by atoms with Crippen molar-refractivity contribution in [2.75, 3.05) is 32.8 Å². The molecular weight excluding hydrogens is 411 g/mol. The lowest BCUT2D eigenvalue weighted by Crippen LogP contribution is -2.46. The van der Waals surface area contributed by atoms with E-state index in [4.69, 9.17) is 4.74 Å². The topological polar surface area (TPSA) is 83.0 Å². The Balaban J connectivity index is 0.00000264. The predicted molar refractivity (Wildman–Crippen MR) is 98.9 cm³/mol. The van der Waals surface area contributed by atoms with E-state index >= 15 is 0 Å². The number of aliphatic imine (C=N–C) groups is 1. The van der Waals surface area contributed by atoms with Crippen LogP contribution in [-0.2, 0) is 14.3 Å². The maximum Gasteiger partial charge on any atom is 0.229 e. The van der Waals surface area contributed by atoms with Gasteiger partial charge in [-0.1, -0.05) is 0 Å². The number of nitrogens with zero attached hydrogens (tertiary/aromatic N) is 2. The molecule has 2 amide bonds. The Morgan fingerprint density at radius 2 is 2.00 bits per heavy atom. The number of amides is 2. The van der Waals surface area contributed by atoms with E-state index in [9.17, 15) is 9.59 Å². The highest BCUT2D eigenvalue weighted by molar-refractivity contribution is 14.0. The van der Waals surface area contributed by atoms with Crippen molar-refractivity contribution in [1.29, 1.82) is 0 Å². The number of carbonyl (C=O) groups excluding carboxylic acids is 2. The molecule has 1 atom stereocenters. The number of likely N-dealkylation sites (tertiary alicyclic amines) is 1. The number of hydrogen-bond acceptors (Lipinski definition) is 4. The van der Waals surface area contributed by atoms with Gasteiger partial charge in [0.25, 0.3) is 0 Å². The molecule has 2 aliphatic heterocycles. The van der Waals surface area contributed by atoms with Gasteiger partial charge in [0.15, 0.2) is 5.96 Å². The van der Waals surface area contributed by atoms with Crippen molar-refractivity contribution in [3.05, 3.63) is 0 Å². The van der Waals surface area contributed by atoms with E-state index in [0.29, 0.717) is 44.9 Å². The van der Waals surface area contributed by atoms with Crippen LogP contribution in [-0.4, -0.2) is 61.6 Å². The number of hydrogen-bond donors (Lipinski definition) is 2. The predicted octanol–water partition coefficient (Wildman–Crippen LogP) is 0.878. The third-order valence-corrected chi connectivity index (χ3v) is 3.83. The number of imide groups is 1. The van der Waals surface area contributed by atoms with E-state index < -0.39 is 0 Å². The highest BCUT2D eigenvalue weighted by atomic mass is 127. The van der Waals surface area contributed by atoms with Crippen molar-refractivity contribution >= 4 is 41.8 Å². The summed E-state index contributed by atoms with van der Waals surface area (Å²) in [7, 11) is 0. The molecule has 0 aromatic rings. The molecule has 2 rings (SSSR count). The lowest BCUT2D eigenvalue weighted by molar-refractivity contribution is -0.147. The number of guanidine groups is 1. The van der Waals surface area contributed by atoms with Crippen LogP contribution in [0.5, 0.6) is 0 Å². The maximum absolute atomic E-state index is 11.7. The van der Waals surface area contributed by atoms with Crippen LogP contribution in [0.25, 0.3) is 0 Å². The van der Waals surface area contributed by atoms with E-state index in [2.05, 4.69) is 15.6 Å². The first kappa shape index (κ1) is 20.1. The number of nitrogens with one attached hydrogen (secondary N) is 2. The number of rotatable bonds is 6. The minimum Gasteiger partial charge on any atom is -0.376 e. The Labute approximate surface area is 154 Å². The van der Waals surface area contributed by atoms with Gasteiger partial charge in [-0.2, -0.15) is 0 Å². The molecule has 2 saturated heterocycles. The second-order valence-electron chi connectivity index (χ2n) is 5.57. The standard InChI is InChI=1S/C15H26N4O3.HI/c1-2-16-15(18-11-12-5-4-10-22-12)17-8-9-19-13(20)6-3-7-14(19)21;/h12H,2-11H2,1H3,(H2,16,17,18);1H. The monoisotopic (exact) mass is 438 g/mol. The summed E-state index contributed by atoms with van der Waals surface area (Å²) in [6.07, 6.45) is 3.98. The second-order valence-corrected chi connectivity index (χ2v) is 5.57. The lowest BCUT2D eigenvalue weighted by atomic mass is 10.1. The van der Waals surface area contributed by atoms with E-state index in [-0.39, 0.29) is 41.9 Å². The van der Waals surface area contributed by atoms with Crippen LogP contribution >= 0.6 is 24.0 Å². The van der Waals surface area contributed by atoms with Crippen molar-refractivity contribution < 1.29 is 14.3 Å². The summed E-state index contributed by atoms with van der Waals surface area (Å²) < 4.78 is 5.55. The van der Waals surface area contributed by atoms with Crippen LogP contribution < -0.4 is 10.6 Å². The molecular formula is C15H27IN4O3. The van der Waals surface area contributed by atoms with Crippen LogP contribution in [0, 0.1) is 0 Å². The highest BCUT2D eigenvalue weighted by Gasteiger charge is 2.25. The molecule has 2 aliphatic rings. The molecule has 0 radical (unpaired) electrons. The molecule has 1 unspecified atom stereocenters. The van der Waals surface area contributed by atoms with Crippen LogP contribution in [0.15, 0.2) is 4.99 Å². The SMILES string of the molecule is CCNC(=NCC1CCCO1)NCCN1C(=O)CCCC1=O.I. The Bertz CT molecular complexity index is 409. The minimum absolute atomic E-state index is 0. The molecule has 0 aromatic heterocycles. The van der Waals surface area contributed by atoms with Gasteiger partial charge in [-0.15, -0.1) is 24.0 Å². The van der Waals surface area contributed by atoms with Crippen LogP contribution in [0.3, 0.4) is 0 Å². The van der Waals surface area contributed by atoms with Gasteiger partial charge < -0.3 is 15.4 Å². The largest absolute Gasteiger partial charge is 0.376 e. The van der Waals surface area contributed by atoms with Gasteiger partial charge in [-0.25, -0.2) is 0 Å². The summed E-state index contributed by atoms with van der Waals surface area (Å²) in [5.41, 5.74) is 0.